The fourth-order valence-electron chi connectivity index (χ4n) is 5.89. The minimum absolute atomic E-state index is 0.0332. The SMILES string of the molecule is C[C@@H]1C[C@@H](Cn2ccc3nc(-c4cnn(C5CCCCO5)c4)ccc32)CN1C(=O)CCc1ccccc1. The lowest BCUT2D eigenvalue weighted by Crippen LogP contribution is -2.34. The molecule has 7 nitrogen and oxygen atoms in total. The van der Waals surface area contributed by atoms with Crippen LogP contribution in [0.5, 0.6) is 0 Å². The molecular weight excluding hydrogens is 462 g/mol. The van der Waals surface area contributed by atoms with Crippen molar-refractivity contribution in [2.24, 2.45) is 5.92 Å². The fraction of sp³-hybridized carbons (Fsp3) is 0.433. The first-order chi connectivity index (χ1) is 18.1. The number of likely N-dealkylation sites (tertiary alicyclic amines) is 1. The molecule has 5 heterocycles. The molecule has 0 spiro atoms. The molecule has 4 aromatic rings. The van der Waals surface area contributed by atoms with Crippen molar-refractivity contribution in [2.45, 2.75) is 64.3 Å². The van der Waals surface area contributed by atoms with Crippen LogP contribution in [0, 0.1) is 5.92 Å². The highest BCUT2D eigenvalue weighted by molar-refractivity contribution is 5.79. The number of rotatable bonds is 7. The molecule has 192 valence electrons. The molecule has 3 atom stereocenters. The van der Waals surface area contributed by atoms with Crippen molar-refractivity contribution in [3.63, 3.8) is 0 Å². The predicted octanol–water partition coefficient (Wildman–Crippen LogP) is 5.47. The van der Waals surface area contributed by atoms with Crippen molar-refractivity contribution in [1.29, 1.82) is 0 Å². The fourth-order valence-corrected chi connectivity index (χ4v) is 5.89. The lowest BCUT2D eigenvalue weighted by atomic mass is 10.1. The summed E-state index contributed by atoms with van der Waals surface area (Å²) >= 11 is 0. The molecule has 2 saturated heterocycles. The number of carbonyl (C=O) groups is 1. The van der Waals surface area contributed by atoms with Gasteiger partial charge in [-0.25, -0.2) is 9.67 Å². The molecule has 2 fully saturated rings. The number of carbonyl (C=O) groups excluding carboxylic acids is 1. The molecule has 0 bridgehead atoms. The van der Waals surface area contributed by atoms with Gasteiger partial charge in [-0.1, -0.05) is 30.3 Å². The third kappa shape index (κ3) is 5.18. The molecule has 1 aromatic carbocycles. The van der Waals surface area contributed by atoms with Crippen LogP contribution >= 0.6 is 0 Å². The second kappa shape index (κ2) is 10.5. The van der Waals surface area contributed by atoms with Crippen molar-refractivity contribution in [1.82, 2.24) is 24.2 Å². The Labute approximate surface area is 218 Å². The topological polar surface area (TPSA) is 65.2 Å². The zero-order valence-electron chi connectivity index (χ0n) is 21.5. The summed E-state index contributed by atoms with van der Waals surface area (Å²) in [7, 11) is 0. The Hall–Kier alpha value is -3.45. The minimum atomic E-state index is 0.0332. The van der Waals surface area contributed by atoms with Gasteiger partial charge in [-0.05, 0) is 68.7 Å². The average molecular weight is 498 g/mol. The second-order valence-corrected chi connectivity index (χ2v) is 10.6. The molecule has 0 radical (unpaired) electrons. The summed E-state index contributed by atoms with van der Waals surface area (Å²) in [5.41, 5.74) is 5.28. The Bertz CT molecular complexity index is 1350. The maximum atomic E-state index is 13.0. The highest BCUT2D eigenvalue weighted by Gasteiger charge is 2.32. The molecule has 3 aromatic heterocycles. The second-order valence-electron chi connectivity index (χ2n) is 10.6. The zero-order valence-corrected chi connectivity index (χ0v) is 21.5. The van der Waals surface area contributed by atoms with Crippen molar-refractivity contribution in [3.05, 3.63) is 72.7 Å². The van der Waals surface area contributed by atoms with E-state index in [0.717, 1.165) is 67.7 Å². The van der Waals surface area contributed by atoms with Crippen LogP contribution in [0.15, 0.2) is 67.1 Å². The molecule has 0 N–H and O–H groups in total. The van der Waals surface area contributed by atoms with Gasteiger partial charge in [0, 0.05) is 50.1 Å². The highest BCUT2D eigenvalue weighted by atomic mass is 16.5. The zero-order chi connectivity index (χ0) is 25.2. The van der Waals surface area contributed by atoms with E-state index in [-0.39, 0.29) is 18.2 Å². The summed E-state index contributed by atoms with van der Waals surface area (Å²) in [5, 5.41) is 4.54. The van der Waals surface area contributed by atoms with E-state index in [0.29, 0.717) is 12.3 Å². The lowest BCUT2D eigenvalue weighted by molar-refractivity contribution is -0.131. The first-order valence-corrected chi connectivity index (χ1v) is 13.6. The molecule has 37 heavy (non-hydrogen) atoms. The van der Waals surface area contributed by atoms with Gasteiger partial charge in [0.1, 0.15) is 6.23 Å². The molecule has 6 rings (SSSR count). The first kappa shape index (κ1) is 23.9. The van der Waals surface area contributed by atoms with Crippen LogP contribution in [0.25, 0.3) is 22.3 Å². The molecule has 2 aliphatic heterocycles. The number of amides is 1. The van der Waals surface area contributed by atoms with Crippen LogP contribution in [-0.2, 0) is 22.5 Å². The number of hydrogen-bond acceptors (Lipinski definition) is 4. The van der Waals surface area contributed by atoms with E-state index < -0.39 is 0 Å². The third-order valence-electron chi connectivity index (χ3n) is 7.88. The monoisotopic (exact) mass is 497 g/mol. The van der Waals surface area contributed by atoms with Gasteiger partial charge < -0.3 is 14.2 Å². The van der Waals surface area contributed by atoms with E-state index >= 15 is 0 Å². The lowest BCUT2D eigenvalue weighted by Gasteiger charge is -2.22. The van der Waals surface area contributed by atoms with Gasteiger partial charge >= 0.3 is 0 Å². The number of pyridine rings is 1. The van der Waals surface area contributed by atoms with Crippen LogP contribution in [0.4, 0.5) is 0 Å². The van der Waals surface area contributed by atoms with Crippen molar-refractivity contribution in [3.8, 4) is 11.3 Å². The van der Waals surface area contributed by atoms with E-state index in [2.05, 4.69) is 58.0 Å². The normalized spacial score (nSPS) is 22.1. The Morgan fingerprint density at radius 3 is 2.84 bits per heavy atom. The van der Waals surface area contributed by atoms with E-state index in [1.165, 1.54) is 12.0 Å². The van der Waals surface area contributed by atoms with Crippen molar-refractivity contribution >= 4 is 16.9 Å². The smallest absolute Gasteiger partial charge is 0.223 e. The number of nitrogens with zero attached hydrogens (tertiary/aromatic N) is 5. The number of benzene rings is 1. The summed E-state index contributed by atoms with van der Waals surface area (Å²) in [4.78, 5) is 20.0. The molecule has 7 heteroatoms. The van der Waals surface area contributed by atoms with E-state index in [1.54, 1.807) is 0 Å². The number of aromatic nitrogens is 4. The summed E-state index contributed by atoms with van der Waals surface area (Å²) in [5.74, 6) is 0.710. The van der Waals surface area contributed by atoms with E-state index in [1.807, 2.05) is 35.3 Å². The standard InChI is InChI=1S/C30H35N5O2/c1-22-17-24(20-34(22)29(36)13-10-23-7-3-2-4-8-23)19-33-15-14-27-28(33)12-11-26(32-27)25-18-31-35(21-25)30-9-5-6-16-37-30/h2-4,7-8,11-12,14-15,18,21-22,24,30H,5-6,9-10,13,16-17,19-20H2,1H3/t22-,24+,30?/m1/s1. The van der Waals surface area contributed by atoms with Crippen LogP contribution in [0.1, 0.15) is 50.8 Å². The largest absolute Gasteiger partial charge is 0.357 e. The molecule has 2 aliphatic rings. The average Bonchev–Trinajstić information content (AvgIpc) is 3.67. The number of ether oxygens (including phenoxy) is 1. The number of aryl methyl sites for hydroxylation is 1. The molecule has 0 aliphatic carbocycles. The maximum absolute atomic E-state index is 13.0. The van der Waals surface area contributed by atoms with E-state index in [4.69, 9.17) is 9.72 Å². The minimum Gasteiger partial charge on any atom is -0.357 e. The first-order valence-electron chi connectivity index (χ1n) is 13.6. The third-order valence-corrected chi connectivity index (χ3v) is 7.88. The summed E-state index contributed by atoms with van der Waals surface area (Å²) in [6.45, 7) is 4.70. The number of hydrogen-bond donors (Lipinski definition) is 0. The summed E-state index contributed by atoms with van der Waals surface area (Å²) in [6, 6.07) is 16.9. The quantitative estimate of drug-likeness (QED) is 0.340. The summed E-state index contributed by atoms with van der Waals surface area (Å²) in [6.07, 6.45) is 11.8. The van der Waals surface area contributed by atoms with Crippen molar-refractivity contribution < 1.29 is 9.53 Å². The van der Waals surface area contributed by atoms with Gasteiger partial charge in [-0.15, -0.1) is 0 Å². The molecular formula is C30H35N5O2. The molecule has 1 unspecified atom stereocenters. The Morgan fingerprint density at radius 1 is 1.11 bits per heavy atom. The summed E-state index contributed by atoms with van der Waals surface area (Å²) < 4.78 is 10.1. The molecule has 0 saturated carbocycles. The predicted molar refractivity (Wildman–Crippen MR) is 144 cm³/mol. The van der Waals surface area contributed by atoms with Crippen LogP contribution in [0.3, 0.4) is 0 Å². The van der Waals surface area contributed by atoms with Crippen LogP contribution in [-0.4, -0.2) is 49.3 Å². The van der Waals surface area contributed by atoms with E-state index in [9.17, 15) is 4.79 Å². The van der Waals surface area contributed by atoms with Gasteiger partial charge in [0.15, 0.2) is 0 Å². The van der Waals surface area contributed by atoms with Crippen LogP contribution in [0.2, 0.25) is 0 Å². The van der Waals surface area contributed by atoms with Gasteiger partial charge in [0.05, 0.1) is 22.9 Å². The molecule has 1 amide bonds. The maximum Gasteiger partial charge on any atom is 0.223 e. The van der Waals surface area contributed by atoms with Gasteiger partial charge in [0.25, 0.3) is 0 Å². The highest BCUT2D eigenvalue weighted by Crippen LogP contribution is 2.29. The van der Waals surface area contributed by atoms with Gasteiger partial charge in [-0.2, -0.15) is 5.10 Å². The van der Waals surface area contributed by atoms with Gasteiger partial charge in [0.2, 0.25) is 5.91 Å². The Morgan fingerprint density at radius 2 is 2.00 bits per heavy atom. The Balaban J connectivity index is 1.10. The Kier molecular flexibility index (Phi) is 6.79. The number of fused-ring (bicyclic) bond motifs is 1. The van der Waals surface area contributed by atoms with Gasteiger partial charge in [-0.3, -0.25) is 4.79 Å². The van der Waals surface area contributed by atoms with Crippen LogP contribution < -0.4 is 0 Å². The van der Waals surface area contributed by atoms with Crippen molar-refractivity contribution in [2.75, 3.05) is 13.2 Å².